The molecular formula is C14H12BrClFN3O. The van der Waals surface area contributed by atoms with Crippen LogP contribution in [-0.2, 0) is 0 Å². The van der Waals surface area contributed by atoms with Gasteiger partial charge in [0.2, 0.25) is 0 Å². The van der Waals surface area contributed by atoms with Crippen LogP contribution in [0.1, 0.15) is 17.3 Å². The molecule has 7 heteroatoms. The minimum atomic E-state index is -0.570. The smallest absolute Gasteiger partial charge is 0.259 e. The maximum absolute atomic E-state index is 13.3. The number of hydrogen-bond acceptors (Lipinski definition) is 3. The van der Waals surface area contributed by atoms with E-state index < -0.39 is 11.7 Å². The van der Waals surface area contributed by atoms with Crippen LogP contribution in [0.2, 0.25) is 5.02 Å². The maximum atomic E-state index is 13.3. The van der Waals surface area contributed by atoms with Crippen LogP contribution in [0.5, 0.6) is 0 Å². The number of nitrogens with zero attached hydrogens (tertiary/aromatic N) is 1. The van der Waals surface area contributed by atoms with Gasteiger partial charge in [0.1, 0.15) is 11.6 Å². The lowest BCUT2D eigenvalue weighted by molar-refractivity contribution is 0.102. The van der Waals surface area contributed by atoms with Crippen molar-refractivity contribution in [2.24, 2.45) is 0 Å². The van der Waals surface area contributed by atoms with Gasteiger partial charge in [-0.3, -0.25) is 4.79 Å². The van der Waals surface area contributed by atoms with Gasteiger partial charge in [-0.05, 0) is 47.1 Å². The highest BCUT2D eigenvalue weighted by atomic mass is 79.9. The minimum absolute atomic E-state index is 0.142. The number of aromatic nitrogens is 1. The van der Waals surface area contributed by atoms with Gasteiger partial charge in [-0.1, -0.05) is 11.6 Å². The van der Waals surface area contributed by atoms with Crippen molar-refractivity contribution in [3.63, 3.8) is 0 Å². The molecule has 1 heterocycles. The lowest BCUT2D eigenvalue weighted by Gasteiger charge is -2.10. The molecule has 0 spiro atoms. The Morgan fingerprint density at radius 3 is 2.86 bits per heavy atom. The first-order valence-electron chi connectivity index (χ1n) is 6.17. The Bertz CT molecular complexity index is 681. The summed E-state index contributed by atoms with van der Waals surface area (Å²) in [6, 6.07) is 6.12. The highest BCUT2D eigenvalue weighted by Crippen LogP contribution is 2.26. The van der Waals surface area contributed by atoms with Crippen LogP contribution < -0.4 is 10.6 Å². The number of carbonyl (C=O) groups is 1. The van der Waals surface area contributed by atoms with E-state index in [9.17, 15) is 9.18 Å². The molecule has 1 aromatic heterocycles. The topological polar surface area (TPSA) is 54.0 Å². The predicted octanol–water partition coefficient (Wildman–Crippen LogP) is 4.32. The van der Waals surface area contributed by atoms with E-state index in [2.05, 4.69) is 31.5 Å². The van der Waals surface area contributed by atoms with Crippen LogP contribution in [0.3, 0.4) is 0 Å². The Kier molecular flexibility index (Phi) is 5.14. The van der Waals surface area contributed by atoms with Crippen molar-refractivity contribution in [1.82, 2.24) is 4.98 Å². The third-order valence-corrected chi connectivity index (χ3v) is 3.83. The molecule has 1 aromatic carbocycles. The van der Waals surface area contributed by atoms with Crippen LogP contribution in [0.4, 0.5) is 15.9 Å². The fourth-order valence-corrected chi connectivity index (χ4v) is 2.19. The number of amides is 1. The first-order chi connectivity index (χ1) is 10.0. The van der Waals surface area contributed by atoms with Crippen molar-refractivity contribution in [3.8, 4) is 0 Å². The van der Waals surface area contributed by atoms with E-state index >= 15 is 0 Å². The normalized spacial score (nSPS) is 10.3. The van der Waals surface area contributed by atoms with Gasteiger partial charge in [-0.25, -0.2) is 9.37 Å². The van der Waals surface area contributed by atoms with Crippen molar-refractivity contribution in [3.05, 3.63) is 51.3 Å². The molecule has 110 valence electrons. The van der Waals surface area contributed by atoms with E-state index in [-0.39, 0.29) is 5.56 Å². The second-order valence-corrected chi connectivity index (χ2v) is 5.42. The van der Waals surface area contributed by atoms with Crippen molar-refractivity contribution in [2.45, 2.75) is 6.92 Å². The fourth-order valence-electron chi connectivity index (χ4n) is 1.69. The van der Waals surface area contributed by atoms with Crippen molar-refractivity contribution in [1.29, 1.82) is 0 Å². The summed E-state index contributed by atoms with van der Waals surface area (Å²) in [5.41, 5.74) is 0.686. The molecule has 0 aliphatic heterocycles. The molecule has 0 unspecified atom stereocenters. The SMILES string of the molecule is CCNc1ncc(F)cc1C(=O)Nc1ccc(Cl)c(Br)c1. The van der Waals surface area contributed by atoms with Gasteiger partial charge in [-0.2, -0.15) is 0 Å². The lowest BCUT2D eigenvalue weighted by Crippen LogP contribution is -2.16. The molecule has 0 fully saturated rings. The summed E-state index contributed by atoms with van der Waals surface area (Å²) in [7, 11) is 0. The molecule has 2 N–H and O–H groups in total. The zero-order chi connectivity index (χ0) is 15.4. The Morgan fingerprint density at radius 2 is 2.19 bits per heavy atom. The summed E-state index contributed by atoms with van der Waals surface area (Å²) >= 11 is 9.17. The van der Waals surface area contributed by atoms with E-state index in [1.807, 2.05) is 6.92 Å². The monoisotopic (exact) mass is 371 g/mol. The fraction of sp³-hybridized carbons (Fsp3) is 0.143. The van der Waals surface area contributed by atoms with Crippen LogP contribution in [0, 0.1) is 5.82 Å². The number of anilines is 2. The van der Waals surface area contributed by atoms with Crippen molar-refractivity contribution >= 4 is 44.9 Å². The third kappa shape index (κ3) is 3.92. The molecule has 2 aromatic rings. The first kappa shape index (κ1) is 15.7. The maximum Gasteiger partial charge on any atom is 0.259 e. The molecule has 4 nitrogen and oxygen atoms in total. The van der Waals surface area contributed by atoms with Crippen LogP contribution in [-0.4, -0.2) is 17.4 Å². The van der Waals surface area contributed by atoms with Crippen LogP contribution in [0.25, 0.3) is 0 Å². The van der Waals surface area contributed by atoms with Crippen molar-refractivity contribution < 1.29 is 9.18 Å². The van der Waals surface area contributed by atoms with E-state index in [1.54, 1.807) is 18.2 Å². The number of benzene rings is 1. The molecule has 1 amide bonds. The van der Waals surface area contributed by atoms with Crippen molar-refractivity contribution in [2.75, 3.05) is 17.2 Å². The van der Waals surface area contributed by atoms with Crippen LogP contribution >= 0.6 is 27.5 Å². The average Bonchev–Trinajstić information content (AvgIpc) is 2.45. The number of carbonyl (C=O) groups excluding carboxylic acids is 1. The quantitative estimate of drug-likeness (QED) is 0.840. The number of halogens is 3. The zero-order valence-corrected chi connectivity index (χ0v) is 13.4. The Hall–Kier alpha value is -1.66. The average molecular weight is 373 g/mol. The van der Waals surface area contributed by atoms with E-state index in [0.717, 1.165) is 12.3 Å². The molecule has 0 aliphatic carbocycles. The molecule has 0 radical (unpaired) electrons. The predicted molar refractivity (Wildman–Crippen MR) is 85.5 cm³/mol. The molecule has 0 aliphatic rings. The van der Waals surface area contributed by atoms with Gasteiger partial charge in [0.25, 0.3) is 5.91 Å². The minimum Gasteiger partial charge on any atom is -0.370 e. The summed E-state index contributed by atoms with van der Waals surface area (Å²) in [6.45, 7) is 2.44. The summed E-state index contributed by atoms with van der Waals surface area (Å²) in [4.78, 5) is 16.1. The number of pyridine rings is 1. The summed E-state index contributed by atoms with van der Waals surface area (Å²) in [5.74, 6) is -0.685. The molecule has 2 rings (SSSR count). The molecule has 0 saturated carbocycles. The summed E-state index contributed by atoms with van der Waals surface area (Å²) < 4.78 is 14.0. The first-order valence-corrected chi connectivity index (χ1v) is 7.34. The van der Waals surface area contributed by atoms with Crippen LogP contribution in [0.15, 0.2) is 34.9 Å². The van der Waals surface area contributed by atoms with Gasteiger partial charge in [0.15, 0.2) is 0 Å². The summed E-state index contributed by atoms with van der Waals surface area (Å²) in [6.07, 6.45) is 1.06. The van der Waals surface area contributed by atoms with Gasteiger partial charge >= 0.3 is 0 Å². The van der Waals surface area contributed by atoms with E-state index in [0.29, 0.717) is 27.5 Å². The lowest BCUT2D eigenvalue weighted by atomic mass is 10.2. The Balaban J connectivity index is 2.27. The standard InChI is InChI=1S/C14H12BrClFN3O/c1-2-18-13-10(5-8(17)7-19-13)14(21)20-9-3-4-12(16)11(15)6-9/h3-7H,2H2,1H3,(H,18,19)(H,20,21). The van der Waals surface area contributed by atoms with E-state index in [4.69, 9.17) is 11.6 Å². The van der Waals surface area contributed by atoms with Gasteiger partial charge in [-0.15, -0.1) is 0 Å². The summed E-state index contributed by atoms with van der Waals surface area (Å²) in [5, 5.41) is 6.14. The Labute approximate surface area is 134 Å². The molecule has 21 heavy (non-hydrogen) atoms. The van der Waals surface area contributed by atoms with E-state index in [1.165, 1.54) is 0 Å². The van der Waals surface area contributed by atoms with Gasteiger partial charge in [0, 0.05) is 16.7 Å². The highest BCUT2D eigenvalue weighted by molar-refractivity contribution is 9.10. The second-order valence-electron chi connectivity index (χ2n) is 4.16. The third-order valence-electron chi connectivity index (χ3n) is 2.62. The largest absolute Gasteiger partial charge is 0.370 e. The highest BCUT2D eigenvalue weighted by Gasteiger charge is 2.14. The molecule has 0 bridgehead atoms. The van der Waals surface area contributed by atoms with Gasteiger partial charge < -0.3 is 10.6 Å². The Morgan fingerprint density at radius 1 is 1.43 bits per heavy atom. The second kappa shape index (κ2) is 6.87. The number of rotatable bonds is 4. The van der Waals surface area contributed by atoms with Gasteiger partial charge in [0.05, 0.1) is 16.8 Å². The number of hydrogen-bond donors (Lipinski definition) is 2. The number of nitrogens with one attached hydrogen (secondary N) is 2. The molecule has 0 saturated heterocycles. The molecular weight excluding hydrogens is 361 g/mol. The zero-order valence-electron chi connectivity index (χ0n) is 11.1. The molecule has 0 atom stereocenters.